The van der Waals surface area contributed by atoms with E-state index in [4.69, 9.17) is 4.74 Å². The molecule has 1 N–H and O–H groups in total. The van der Waals surface area contributed by atoms with E-state index in [9.17, 15) is 14.4 Å². The standard InChI is InChI=1S/C17H21N3O4S/c1-2-5-20-16(22)13-11-3-6-19(15(21)10-4-7-24-9-10)8-12(11)25-14(13)18-17(20)23/h10H,2-9H2,1H3,(H,18,23). The number of carbonyl (C=O) groups is 1. The first-order valence-corrected chi connectivity index (χ1v) is 9.55. The summed E-state index contributed by atoms with van der Waals surface area (Å²) in [5, 5.41) is 0.629. The summed E-state index contributed by atoms with van der Waals surface area (Å²) in [4.78, 5) is 43.8. The van der Waals surface area contributed by atoms with Crippen molar-refractivity contribution in [2.24, 2.45) is 5.92 Å². The summed E-state index contributed by atoms with van der Waals surface area (Å²) < 4.78 is 6.60. The first-order chi connectivity index (χ1) is 12.1. The molecule has 2 aromatic rings. The Labute approximate surface area is 148 Å². The van der Waals surface area contributed by atoms with Gasteiger partial charge in [0.05, 0.1) is 24.5 Å². The maximum absolute atomic E-state index is 12.7. The second-order valence-corrected chi connectivity index (χ2v) is 7.77. The van der Waals surface area contributed by atoms with Gasteiger partial charge in [0.1, 0.15) is 4.83 Å². The van der Waals surface area contributed by atoms with E-state index in [1.807, 2.05) is 11.8 Å². The summed E-state index contributed by atoms with van der Waals surface area (Å²) in [5.41, 5.74) is 0.439. The molecule has 2 aliphatic rings. The highest BCUT2D eigenvalue weighted by atomic mass is 32.1. The van der Waals surface area contributed by atoms with Gasteiger partial charge in [-0.1, -0.05) is 6.92 Å². The van der Waals surface area contributed by atoms with Gasteiger partial charge in [-0.3, -0.25) is 19.1 Å². The van der Waals surface area contributed by atoms with E-state index in [0.29, 0.717) is 49.5 Å². The minimum Gasteiger partial charge on any atom is -0.381 e. The third-order valence-electron chi connectivity index (χ3n) is 5.02. The number of carbonyl (C=O) groups excluding carboxylic acids is 1. The Kier molecular flexibility index (Phi) is 4.24. The van der Waals surface area contributed by atoms with Crippen LogP contribution in [0.5, 0.6) is 0 Å². The molecule has 0 bridgehead atoms. The van der Waals surface area contributed by atoms with E-state index in [0.717, 1.165) is 23.3 Å². The number of H-pyrrole nitrogens is 1. The predicted molar refractivity (Wildman–Crippen MR) is 95.0 cm³/mol. The molecule has 2 aromatic heterocycles. The van der Waals surface area contributed by atoms with Crippen LogP contribution < -0.4 is 11.2 Å². The highest BCUT2D eigenvalue weighted by Crippen LogP contribution is 2.32. The zero-order valence-corrected chi connectivity index (χ0v) is 15.0. The van der Waals surface area contributed by atoms with E-state index in [2.05, 4.69) is 4.98 Å². The minimum absolute atomic E-state index is 0.0440. The highest BCUT2D eigenvalue weighted by Gasteiger charge is 2.32. The summed E-state index contributed by atoms with van der Waals surface area (Å²) in [7, 11) is 0. The Morgan fingerprint density at radius 2 is 2.24 bits per heavy atom. The van der Waals surface area contributed by atoms with E-state index in [-0.39, 0.29) is 23.1 Å². The van der Waals surface area contributed by atoms with Crippen LogP contribution in [0.25, 0.3) is 10.2 Å². The number of nitrogens with zero attached hydrogens (tertiary/aromatic N) is 2. The molecule has 0 spiro atoms. The van der Waals surface area contributed by atoms with Crippen molar-refractivity contribution in [3.05, 3.63) is 31.3 Å². The monoisotopic (exact) mass is 363 g/mol. The molecule has 134 valence electrons. The topological polar surface area (TPSA) is 84.4 Å². The molecule has 7 nitrogen and oxygen atoms in total. The van der Waals surface area contributed by atoms with Crippen molar-refractivity contribution < 1.29 is 9.53 Å². The van der Waals surface area contributed by atoms with Crippen LogP contribution in [0.15, 0.2) is 9.59 Å². The normalized spacial score (nSPS) is 20.2. The fourth-order valence-corrected chi connectivity index (χ4v) is 4.96. The third kappa shape index (κ3) is 2.73. The van der Waals surface area contributed by atoms with Crippen LogP contribution in [0.1, 0.15) is 30.2 Å². The molecule has 1 amide bonds. The van der Waals surface area contributed by atoms with Crippen LogP contribution in [0.3, 0.4) is 0 Å². The van der Waals surface area contributed by atoms with Gasteiger partial charge in [0.2, 0.25) is 5.91 Å². The molecule has 1 unspecified atom stereocenters. The van der Waals surface area contributed by atoms with Crippen LogP contribution >= 0.6 is 11.3 Å². The molecule has 1 atom stereocenters. The lowest BCUT2D eigenvalue weighted by Crippen LogP contribution is -2.40. The molecule has 1 fully saturated rings. The van der Waals surface area contributed by atoms with Crippen LogP contribution in [-0.4, -0.2) is 40.1 Å². The molecular formula is C17H21N3O4S. The van der Waals surface area contributed by atoms with E-state index in [1.54, 1.807) is 0 Å². The summed E-state index contributed by atoms with van der Waals surface area (Å²) in [6.45, 7) is 4.64. The average molecular weight is 363 g/mol. The summed E-state index contributed by atoms with van der Waals surface area (Å²) in [6.07, 6.45) is 2.16. The van der Waals surface area contributed by atoms with Gasteiger partial charge in [-0.15, -0.1) is 11.3 Å². The van der Waals surface area contributed by atoms with E-state index in [1.165, 1.54) is 15.9 Å². The van der Waals surface area contributed by atoms with Crippen molar-refractivity contribution in [1.29, 1.82) is 0 Å². The highest BCUT2D eigenvalue weighted by molar-refractivity contribution is 7.18. The van der Waals surface area contributed by atoms with Crippen molar-refractivity contribution in [2.45, 2.75) is 39.3 Å². The number of ether oxygens (including phenoxy) is 1. The van der Waals surface area contributed by atoms with Gasteiger partial charge in [-0.25, -0.2) is 4.79 Å². The lowest BCUT2D eigenvalue weighted by molar-refractivity contribution is -0.136. The average Bonchev–Trinajstić information content (AvgIpc) is 3.24. The van der Waals surface area contributed by atoms with Gasteiger partial charge in [0.15, 0.2) is 0 Å². The quantitative estimate of drug-likeness (QED) is 0.884. The van der Waals surface area contributed by atoms with Gasteiger partial charge in [-0.2, -0.15) is 0 Å². The Hall–Kier alpha value is -1.93. The summed E-state index contributed by atoms with van der Waals surface area (Å²) in [6, 6.07) is 0. The van der Waals surface area contributed by atoms with Crippen molar-refractivity contribution in [1.82, 2.24) is 14.5 Å². The molecule has 0 saturated carbocycles. The molecule has 0 aromatic carbocycles. The van der Waals surface area contributed by atoms with Gasteiger partial charge in [-0.05, 0) is 24.8 Å². The Balaban J connectivity index is 1.71. The minimum atomic E-state index is -0.353. The smallest absolute Gasteiger partial charge is 0.329 e. The Morgan fingerprint density at radius 1 is 1.40 bits per heavy atom. The molecule has 8 heteroatoms. The lowest BCUT2D eigenvalue weighted by atomic mass is 10.0. The fraction of sp³-hybridized carbons (Fsp3) is 0.588. The van der Waals surface area contributed by atoms with Gasteiger partial charge in [0, 0.05) is 24.6 Å². The summed E-state index contributed by atoms with van der Waals surface area (Å²) >= 11 is 1.42. The molecule has 2 aliphatic heterocycles. The van der Waals surface area contributed by atoms with Crippen molar-refractivity contribution in [2.75, 3.05) is 19.8 Å². The summed E-state index contributed by atoms with van der Waals surface area (Å²) in [5.74, 6) is 0.0926. The molecule has 1 saturated heterocycles. The number of aromatic nitrogens is 2. The Bertz CT molecular complexity index is 936. The number of hydrogen-bond acceptors (Lipinski definition) is 5. The second-order valence-electron chi connectivity index (χ2n) is 6.67. The van der Waals surface area contributed by atoms with Crippen LogP contribution in [0.2, 0.25) is 0 Å². The van der Waals surface area contributed by atoms with Crippen LogP contribution in [0, 0.1) is 5.92 Å². The van der Waals surface area contributed by atoms with Crippen molar-refractivity contribution in [3.8, 4) is 0 Å². The largest absolute Gasteiger partial charge is 0.381 e. The lowest BCUT2D eigenvalue weighted by Gasteiger charge is -2.28. The third-order valence-corrected chi connectivity index (χ3v) is 6.15. The van der Waals surface area contributed by atoms with Crippen molar-refractivity contribution in [3.63, 3.8) is 0 Å². The first kappa shape index (κ1) is 16.5. The molecule has 0 aliphatic carbocycles. The molecule has 4 rings (SSSR count). The number of hydrogen-bond donors (Lipinski definition) is 1. The molecule has 4 heterocycles. The predicted octanol–water partition coefficient (Wildman–Crippen LogP) is 1.08. The molecule has 0 radical (unpaired) electrons. The van der Waals surface area contributed by atoms with Gasteiger partial charge < -0.3 is 9.64 Å². The number of fused-ring (bicyclic) bond motifs is 3. The SMILES string of the molecule is CCCn1c(=O)[nH]c2sc3c(c2c1=O)CCN(C(=O)C1CCOC1)C3. The van der Waals surface area contributed by atoms with E-state index >= 15 is 0 Å². The van der Waals surface area contributed by atoms with Crippen molar-refractivity contribution >= 4 is 27.5 Å². The number of amides is 1. The fourth-order valence-electron chi connectivity index (χ4n) is 3.71. The molecular weight excluding hydrogens is 342 g/mol. The number of rotatable bonds is 3. The first-order valence-electron chi connectivity index (χ1n) is 8.74. The number of aromatic amines is 1. The van der Waals surface area contributed by atoms with Crippen LogP contribution in [-0.2, 0) is 29.0 Å². The Morgan fingerprint density at radius 3 is 2.96 bits per heavy atom. The van der Waals surface area contributed by atoms with Gasteiger partial charge >= 0.3 is 5.69 Å². The van der Waals surface area contributed by atoms with E-state index < -0.39 is 0 Å². The number of nitrogens with one attached hydrogen (secondary N) is 1. The van der Waals surface area contributed by atoms with Gasteiger partial charge in [0.25, 0.3) is 5.56 Å². The molecule has 25 heavy (non-hydrogen) atoms. The second kappa shape index (κ2) is 6.42. The number of thiophene rings is 1. The maximum atomic E-state index is 12.7. The van der Waals surface area contributed by atoms with Crippen LogP contribution in [0.4, 0.5) is 0 Å². The zero-order valence-electron chi connectivity index (χ0n) is 14.2. The zero-order chi connectivity index (χ0) is 17.6. The maximum Gasteiger partial charge on any atom is 0.329 e.